The summed E-state index contributed by atoms with van der Waals surface area (Å²) in [5.41, 5.74) is 3.18. The Kier molecular flexibility index (Phi) is 4.72. The fraction of sp³-hybridized carbons (Fsp3) is 0.381. The Morgan fingerprint density at radius 1 is 1.04 bits per heavy atom. The van der Waals surface area contributed by atoms with E-state index >= 15 is 0 Å². The molecule has 2 unspecified atom stereocenters. The summed E-state index contributed by atoms with van der Waals surface area (Å²) in [4.78, 5) is 12.2. The minimum atomic E-state index is -0.0699. The maximum absolute atomic E-state index is 12.2. The number of nitrogens with one attached hydrogen (secondary N) is 2. The highest BCUT2D eigenvalue weighted by molar-refractivity contribution is 6.04. The van der Waals surface area contributed by atoms with Crippen LogP contribution in [0.3, 0.4) is 0 Å². The molecule has 2 atom stereocenters. The molecule has 0 radical (unpaired) electrons. The summed E-state index contributed by atoms with van der Waals surface area (Å²) < 4.78 is 0. The molecule has 3 nitrogen and oxygen atoms in total. The van der Waals surface area contributed by atoms with Crippen LogP contribution in [0.1, 0.15) is 49.0 Å². The summed E-state index contributed by atoms with van der Waals surface area (Å²) in [6, 6.07) is 18.1. The van der Waals surface area contributed by atoms with Crippen LogP contribution in [0.5, 0.6) is 0 Å². The zero-order valence-electron chi connectivity index (χ0n) is 14.7. The van der Waals surface area contributed by atoms with Gasteiger partial charge < -0.3 is 10.6 Å². The van der Waals surface area contributed by atoms with Gasteiger partial charge in [-0.25, -0.2) is 0 Å². The lowest BCUT2D eigenvalue weighted by molar-refractivity contribution is 0.102. The highest BCUT2D eigenvalue weighted by Gasteiger charge is 2.38. The maximum atomic E-state index is 12.2. The van der Waals surface area contributed by atoms with Crippen molar-refractivity contribution in [3.8, 4) is 0 Å². The molecule has 24 heavy (non-hydrogen) atoms. The molecular weight excluding hydrogens is 296 g/mol. The van der Waals surface area contributed by atoms with E-state index in [1.54, 1.807) is 0 Å². The number of hydrogen-bond acceptors (Lipinski definition) is 2. The molecule has 3 heteroatoms. The number of amides is 1. The van der Waals surface area contributed by atoms with Gasteiger partial charge in [-0.15, -0.1) is 0 Å². The van der Waals surface area contributed by atoms with Gasteiger partial charge in [-0.05, 0) is 41.7 Å². The smallest absolute Gasteiger partial charge is 0.255 e. The Balaban J connectivity index is 1.54. The van der Waals surface area contributed by atoms with Crippen molar-refractivity contribution < 1.29 is 4.79 Å². The van der Waals surface area contributed by atoms with Gasteiger partial charge >= 0.3 is 0 Å². The summed E-state index contributed by atoms with van der Waals surface area (Å²) in [6.45, 7) is 7.80. The zero-order chi connectivity index (χ0) is 17.2. The van der Waals surface area contributed by atoms with E-state index in [2.05, 4.69) is 43.5 Å². The largest absolute Gasteiger partial charge is 0.322 e. The van der Waals surface area contributed by atoms with Gasteiger partial charge in [-0.3, -0.25) is 4.79 Å². The molecule has 0 heterocycles. The van der Waals surface area contributed by atoms with E-state index < -0.39 is 0 Å². The minimum Gasteiger partial charge on any atom is -0.322 e. The van der Waals surface area contributed by atoms with Crippen LogP contribution in [0.4, 0.5) is 5.69 Å². The molecule has 1 amide bonds. The molecule has 0 aliphatic heterocycles. The normalized spacial score (nSPS) is 19.8. The molecule has 1 fully saturated rings. The number of benzene rings is 2. The van der Waals surface area contributed by atoms with E-state index in [1.807, 2.05) is 42.5 Å². The van der Waals surface area contributed by atoms with Gasteiger partial charge in [-0.1, -0.05) is 51.1 Å². The first-order valence-corrected chi connectivity index (χ1v) is 8.62. The molecule has 0 bridgehead atoms. The van der Waals surface area contributed by atoms with Gasteiger partial charge in [0.15, 0.2) is 0 Å². The SMILES string of the molecule is CC(C)(C)CNC1CC1c1ccc(NC(=O)c2ccccc2)cc1. The molecule has 3 rings (SSSR count). The van der Waals surface area contributed by atoms with Crippen molar-refractivity contribution >= 4 is 11.6 Å². The monoisotopic (exact) mass is 322 g/mol. The van der Waals surface area contributed by atoms with E-state index in [0.717, 1.165) is 12.2 Å². The van der Waals surface area contributed by atoms with Gasteiger partial charge in [0.2, 0.25) is 0 Å². The van der Waals surface area contributed by atoms with Crippen molar-refractivity contribution in [1.29, 1.82) is 0 Å². The average molecular weight is 322 g/mol. The molecule has 2 N–H and O–H groups in total. The summed E-state index contributed by atoms with van der Waals surface area (Å²) >= 11 is 0. The molecule has 1 aliphatic rings. The van der Waals surface area contributed by atoms with Crippen molar-refractivity contribution in [2.75, 3.05) is 11.9 Å². The second-order valence-electron chi connectivity index (χ2n) is 7.83. The van der Waals surface area contributed by atoms with E-state index in [9.17, 15) is 4.79 Å². The lowest BCUT2D eigenvalue weighted by atomic mass is 9.97. The molecule has 0 saturated heterocycles. The number of hydrogen-bond donors (Lipinski definition) is 2. The van der Waals surface area contributed by atoms with E-state index in [4.69, 9.17) is 0 Å². The second kappa shape index (κ2) is 6.78. The standard InChI is InChI=1S/C21H26N2O/c1-21(2,3)14-22-19-13-18(19)15-9-11-17(12-10-15)23-20(24)16-7-5-4-6-8-16/h4-12,18-19,22H,13-14H2,1-3H3,(H,23,24). The van der Waals surface area contributed by atoms with Crippen LogP contribution in [0.2, 0.25) is 0 Å². The Bertz CT molecular complexity index is 686. The summed E-state index contributed by atoms with van der Waals surface area (Å²) in [7, 11) is 0. The van der Waals surface area contributed by atoms with Crippen LogP contribution >= 0.6 is 0 Å². The molecule has 1 aliphatic carbocycles. The van der Waals surface area contributed by atoms with Crippen LogP contribution in [-0.4, -0.2) is 18.5 Å². The minimum absolute atomic E-state index is 0.0699. The molecule has 1 saturated carbocycles. The molecule has 2 aromatic carbocycles. The van der Waals surface area contributed by atoms with E-state index in [0.29, 0.717) is 22.9 Å². The first-order valence-electron chi connectivity index (χ1n) is 8.62. The van der Waals surface area contributed by atoms with E-state index in [-0.39, 0.29) is 5.91 Å². The molecular formula is C21H26N2O. The van der Waals surface area contributed by atoms with Crippen LogP contribution in [0.15, 0.2) is 54.6 Å². The van der Waals surface area contributed by atoms with Crippen LogP contribution < -0.4 is 10.6 Å². The van der Waals surface area contributed by atoms with Crippen LogP contribution in [0, 0.1) is 5.41 Å². The zero-order valence-corrected chi connectivity index (χ0v) is 14.7. The first-order chi connectivity index (χ1) is 11.4. The topological polar surface area (TPSA) is 41.1 Å². The summed E-state index contributed by atoms with van der Waals surface area (Å²) in [6.07, 6.45) is 1.20. The van der Waals surface area contributed by atoms with Gasteiger partial charge in [0, 0.05) is 29.8 Å². The Labute approximate surface area is 144 Å². The lowest BCUT2D eigenvalue weighted by Gasteiger charge is -2.18. The van der Waals surface area contributed by atoms with Crippen molar-refractivity contribution in [2.45, 2.75) is 39.2 Å². The molecule has 126 valence electrons. The third-order valence-corrected chi connectivity index (χ3v) is 4.32. The fourth-order valence-corrected chi connectivity index (χ4v) is 2.83. The highest BCUT2D eigenvalue weighted by Crippen LogP contribution is 2.41. The Morgan fingerprint density at radius 2 is 1.71 bits per heavy atom. The molecule has 0 spiro atoms. The number of rotatable bonds is 5. The molecule has 2 aromatic rings. The number of anilines is 1. The first kappa shape index (κ1) is 16.7. The van der Waals surface area contributed by atoms with Gasteiger partial charge in [0.25, 0.3) is 5.91 Å². The van der Waals surface area contributed by atoms with Crippen molar-refractivity contribution in [3.05, 3.63) is 65.7 Å². The third-order valence-electron chi connectivity index (χ3n) is 4.32. The summed E-state index contributed by atoms with van der Waals surface area (Å²) in [5.74, 6) is 0.533. The number of carbonyl (C=O) groups is 1. The second-order valence-corrected chi connectivity index (χ2v) is 7.83. The Morgan fingerprint density at radius 3 is 2.33 bits per heavy atom. The van der Waals surface area contributed by atoms with Gasteiger partial charge in [0.1, 0.15) is 0 Å². The maximum Gasteiger partial charge on any atom is 0.255 e. The fourth-order valence-electron chi connectivity index (χ4n) is 2.83. The van der Waals surface area contributed by atoms with Crippen molar-refractivity contribution in [3.63, 3.8) is 0 Å². The van der Waals surface area contributed by atoms with Crippen LogP contribution in [0.25, 0.3) is 0 Å². The summed E-state index contributed by atoms with van der Waals surface area (Å²) in [5, 5.41) is 6.59. The quantitative estimate of drug-likeness (QED) is 0.855. The van der Waals surface area contributed by atoms with E-state index in [1.165, 1.54) is 12.0 Å². The molecule has 0 aromatic heterocycles. The van der Waals surface area contributed by atoms with Gasteiger partial charge in [-0.2, -0.15) is 0 Å². The predicted octanol–water partition coefficient (Wildman–Crippen LogP) is 4.43. The predicted molar refractivity (Wildman–Crippen MR) is 99.4 cm³/mol. The highest BCUT2D eigenvalue weighted by atomic mass is 16.1. The van der Waals surface area contributed by atoms with Gasteiger partial charge in [0.05, 0.1) is 0 Å². The van der Waals surface area contributed by atoms with Crippen molar-refractivity contribution in [1.82, 2.24) is 5.32 Å². The average Bonchev–Trinajstić information content (AvgIpc) is 3.33. The van der Waals surface area contributed by atoms with Crippen molar-refractivity contribution in [2.24, 2.45) is 5.41 Å². The van der Waals surface area contributed by atoms with Crippen LogP contribution in [-0.2, 0) is 0 Å². The third kappa shape index (κ3) is 4.45. The lowest BCUT2D eigenvalue weighted by Crippen LogP contribution is -2.29. The Hall–Kier alpha value is -2.13. The number of carbonyl (C=O) groups excluding carboxylic acids is 1.